The number of benzene rings is 2. The molecule has 3 rings (SSSR count). The van der Waals surface area contributed by atoms with Crippen LogP contribution in [0.1, 0.15) is 22.8 Å². The van der Waals surface area contributed by atoms with Crippen LogP contribution in [0.2, 0.25) is 0 Å². The zero-order chi connectivity index (χ0) is 20.8. The number of carbonyl (C=O) groups is 1. The number of rotatable bonds is 7. The third-order valence-corrected chi connectivity index (χ3v) is 4.41. The monoisotopic (exact) mass is 392 g/mol. The molecule has 150 valence electrons. The van der Waals surface area contributed by atoms with Crippen LogP contribution in [0, 0.1) is 6.92 Å². The van der Waals surface area contributed by atoms with E-state index in [1.54, 1.807) is 31.3 Å². The second-order valence-electron chi connectivity index (χ2n) is 6.38. The Morgan fingerprint density at radius 3 is 2.38 bits per heavy atom. The van der Waals surface area contributed by atoms with Crippen LogP contribution in [-0.4, -0.2) is 36.6 Å². The molecule has 0 aliphatic heterocycles. The fraction of sp³-hybridized carbons (Fsp3) is 0.227. The highest BCUT2D eigenvalue weighted by Gasteiger charge is 2.17. The molecule has 0 aliphatic carbocycles. The third-order valence-electron chi connectivity index (χ3n) is 4.41. The lowest BCUT2D eigenvalue weighted by molar-refractivity contribution is 0.0987. The van der Waals surface area contributed by atoms with Crippen LogP contribution < -0.4 is 19.7 Å². The molecule has 0 atom stereocenters. The zero-order valence-electron chi connectivity index (χ0n) is 17.0. The van der Waals surface area contributed by atoms with Crippen molar-refractivity contribution >= 4 is 23.2 Å². The Morgan fingerprint density at radius 2 is 1.76 bits per heavy atom. The first kappa shape index (κ1) is 20.1. The molecule has 1 amide bonds. The van der Waals surface area contributed by atoms with Crippen LogP contribution in [0.25, 0.3) is 0 Å². The molecule has 0 bridgehead atoms. The highest BCUT2D eigenvalue weighted by molar-refractivity contribution is 6.05. The van der Waals surface area contributed by atoms with Crippen molar-refractivity contribution in [3.8, 4) is 11.5 Å². The fourth-order valence-electron chi connectivity index (χ4n) is 2.94. The normalized spacial score (nSPS) is 10.3. The molecular formula is C22H24N4O3. The molecule has 0 saturated carbocycles. The van der Waals surface area contributed by atoms with Crippen LogP contribution in [0.4, 0.5) is 17.3 Å². The summed E-state index contributed by atoms with van der Waals surface area (Å²) in [6.45, 7) is 4.49. The number of hydrogen-bond donors (Lipinski definition) is 1. The Morgan fingerprint density at radius 1 is 1.03 bits per heavy atom. The number of aromatic nitrogens is 2. The minimum Gasteiger partial charge on any atom is -0.493 e. The highest BCUT2D eigenvalue weighted by Crippen LogP contribution is 2.30. The molecule has 0 unspecified atom stereocenters. The minimum absolute atomic E-state index is 0.143. The molecule has 1 aromatic heterocycles. The molecule has 0 saturated heterocycles. The van der Waals surface area contributed by atoms with Gasteiger partial charge in [0, 0.05) is 36.4 Å². The molecule has 29 heavy (non-hydrogen) atoms. The topological polar surface area (TPSA) is 76.6 Å². The van der Waals surface area contributed by atoms with Crippen molar-refractivity contribution in [3.63, 3.8) is 0 Å². The Hall–Kier alpha value is -3.61. The molecule has 0 fully saturated rings. The Labute approximate surface area is 170 Å². The summed E-state index contributed by atoms with van der Waals surface area (Å²) in [4.78, 5) is 23.2. The van der Waals surface area contributed by atoms with Crippen LogP contribution in [0.3, 0.4) is 0 Å². The largest absolute Gasteiger partial charge is 0.493 e. The summed E-state index contributed by atoms with van der Waals surface area (Å²) in [5, 5.41) is 3.10. The van der Waals surface area contributed by atoms with Gasteiger partial charge in [-0.05, 0) is 43.7 Å². The van der Waals surface area contributed by atoms with Gasteiger partial charge in [-0.2, -0.15) is 0 Å². The average Bonchev–Trinajstić information content (AvgIpc) is 2.74. The Balaban J connectivity index is 1.76. The van der Waals surface area contributed by atoms with Crippen molar-refractivity contribution in [2.75, 3.05) is 31.0 Å². The summed E-state index contributed by atoms with van der Waals surface area (Å²) in [6, 6.07) is 13.3. The van der Waals surface area contributed by atoms with E-state index >= 15 is 0 Å². The second kappa shape index (κ2) is 9.05. The molecular weight excluding hydrogens is 368 g/mol. The Bertz CT molecular complexity index is 990. The lowest BCUT2D eigenvalue weighted by Crippen LogP contribution is -2.30. The number of methoxy groups -OCH3 is 2. The summed E-state index contributed by atoms with van der Waals surface area (Å²) in [7, 11) is 3.16. The van der Waals surface area contributed by atoms with E-state index in [0.29, 0.717) is 29.6 Å². The number of nitrogens with zero attached hydrogens (tertiary/aromatic N) is 3. The van der Waals surface area contributed by atoms with E-state index in [9.17, 15) is 4.79 Å². The number of nitrogens with one attached hydrogen (secondary N) is 1. The van der Waals surface area contributed by atoms with E-state index in [2.05, 4.69) is 15.3 Å². The van der Waals surface area contributed by atoms with Gasteiger partial charge in [0.2, 0.25) is 5.95 Å². The van der Waals surface area contributed by atoms with Gasteiger partial charge in [0.05, 0.1) is 19.8 Å². The van der Waals surface area contributed by atoms with Crippen molar-refractivity contribution in [1.82, 2.24) is 9.97 Å². The van der Waals surface area contributed by atoms with Crippen LogP contribution in [-0.2, 0) is 0 Å². The number of amides is 1. The second-order valence-corrected chi connectivity index (χ2v) is 6.38. The van der Waals surface area contributed by atoms with Crippen molar-refractivity contribution < 1.29 is 14.3 Å². The summed E-state index contributed by atoms with van der Waals surface area (Å²) in [6.07, 6.45) is 3.05. The van der Waals surface area contributed by atoms with Gasteiger partial charge in [0.25, 0.3) is 5.91 Å². The summed E-state index contributed by atoms with van der Waals surface area (Å²) in [5.41, 5.74) is 3.12. The number of carbonyl (C=O) groups excluding carboxylic acids is 1. The van der Waals surface area contributed by atoms with E-state index in [1.807, 2.05) is 44.2 Å². The first-order valence-electron chi connectivity index (χ1n) is 9.25. The van der Waals surface area contributed by atoms with Gasteiger partial charge >= 0.3 is 0 Å². The molecule has 1 N–H and O–H groups in total. The van der Waals surface area contributed by atoms with Gasteiger partial charge in [-0.1, -0.05) is 12.1 Å². The maximum Gasteiger partial charge on any atom is 0.261 e. The predicted molar refractivity (Wildman–Crippen MR) is 113 cm³/mol. The van der Waals surface area contributed by atoms with Gasteiger partial charge < -0.3 is 19.7 Å². The van der Waals surface area contributed by atoms with Crippen LogP contribution in [0.5, 0.6) is 11.5 Å². The van der Waals surface area contributed by atoms with Gasteiger partial charge in [-0.25, -0.2) is 9.97 Å². The van der Waals surface area contributed by atoms with Crippen molar-refractivity contribution in [2.24, 2.45) is 0 Å². The van der Waals surface area contributed by atoms with Crippen LogP contribution in [0.15, 0.2) is 54.9 Å². The van der Waals surface area contributed by atoms with Crippen LogP contribution >= 0.6 is 0 Å². The first-order valence-corrected chi connectivity index (χ1v) is 9.25. The third kappa shape index (κ3) is 4.63. The molecule has 7 nitrogen and oxygen atoms in total. The van der Waals surface area contributed by atoms with E-state index < -0.39 is 0 Å². The molecule has 0 spiro atoms. The lowest BCUT2D eigenvalue weighted by atomic mass is 10.2. The predicted octanol–water partition coefficient (Wildman–Crippen LogP) is 4.21. The van der Waals surface area contributed by atoms with Crippen molar-refractivity contribution in [2.45, 2.75) is 13.8 Å². The molecule has 2 aromatic carbocycles. The smallest absolute Gasteiger partial charge is 0.261 e. The van der Waals surface area contributed by atoms with E-state index in [-0.39, 0.29) is 5.91 Å². The number of hydrogen-bond acceptors (Lipinski definition) is 6. The molecule has 0 aliphatic rings. The zero-order valence-corrected chi connectivity index (χ0v) is 17.0. The minimum atomic E-state index is -0.143. The highest BCUT2D eigenvalue weighted by atomic mass is 16.5. The molecule has 1 heterocycles. The van der Waals surface area contributed by atoms with Gasteiger partial charge in [-0.15, -0.1) is 0 Å². The average molecular weight is 392 g/mol. The van der Waals surface area contributed by atoms with Crippen molar-refractivity contribution in [3.05, 3.63) is 66.0 Å². The SMILES string of the molecule is CCN(C(=O)c1cnc(Nc2ccc(OC)c(OC)c2)nc1)c1cccc(C)c1. The fourth-order valence-corrected chi connectivity index (χ4v) is 2.94. The number of anilines is 3. The molecule has 7 heteroatoms. The quantitative estimate of drug-likeness (QED) is 0.649. The standard InChI is InChI=1S/C22H24N4O3/c1-5-26(18-8-6-7-15(2)11-18)21(27)16-13-23-22(24-14-16)25-17-9-10-19(28-3)20(12-17)29-4/h6-14H,5H2,1-4H3,(H,23,24,25). The van der Waals surface area contributed by atoms with E-state index in [0.717, 1.165) is 16.9 Å². The van der Waals surface area contributed by atoms with Gasteiger partial charge in [0.1, 0.15) is 0 Å². The maximum absolute atomic E-state index is 12.9. The van der Waals surface area contributed by atoms with E-state index in [4.69, 9.17) is 9.47 Å². The summed E-state index contributed by atoms with van der Waals surface area (Å²) < 4.78 is 10.5. The Kier molecular flexibility index (Phi) is 6.29. The number of aryl methyl sites for hydroxylation is 1. The van der Waals surface area contributed by atoms with Crippen molar-refractivity contribution in [1.29, 1.82) is 0 Å². The number of ether oxygens (including phenoxy) is 2. The first-order chi connectivity index (χ1) is 14.0. The lowest BCUT2D eigenvalue weighted by Gasteiger charge is -2.21. The van der Waals surface area contributed by atoms with E-state index in [1.165, 1.54) is 12.4 Å². The summed E-state index contributed by atoms with van der Waals surface area (Å²) >= 11 is 0. The molecule has 3 aromatic rings. The summed E-state index contributed by atoms with van der Waals surface area (Å²) in [5.74, 6) is 1.47. The van der Waals surface area contributed by atoms with Gasteiger partial charge in [-0.3, -0.25) is 4.79 Å². The molecule has 0 radical (unpaired) electrons. The van der Waals surface area contributed by atoms with Gasteiger partial charge in [0.15, 0.2) is 11.5 Å². The maximum atomic E-state index is 12.9.